The number of hydrogen-bond donors (Lipinski definition) is 2. The number of rotatable bonds is 8. The highest BCUT2D eigenvalue weighted by molar-refractivity contribution is 7.98. The molecule has 1 atom stereocenters. The van der Waals surface area contributed by atoms with Crippen molar-refractivity contribution in [2.45, 2.75) is 17.1 Å². The second kappa shape index (κ2) is 7.95. The lowest BCUT2D eigenvalue weighted by Crippen LogP contribution is -2.58. The molecule has 0 radical (unpaired) electrons. The Balaban J connectivity index is 1.74. The van der Waals surface area contributed by atoms with Gasteiger partial charge in [0.25, 0.3) is 11.8 Å². The highest BCUT2D eigenvalue weighted by Gasteiger charge is 2.46. The Morgan fingerprint density at radius 2 is 2.19 bits per heavy atom. The van der Waals surface area contributed by atoms with Crippen LogP contribution in [0.3, 0.4) is 0 Å². The molecule has 0 saturated heterocycles. The summed E-state index contributed by atoms with van der Waals surface area (Å²) >= 11 is 1.46. The lowest BCUT2D eigenvalue weighted by molar-refractivity contribution is -0.129. The lowest BCUT2D eigenvalue weighted by Gasteiger charge is -2.32. The normalized spacial score (nSPS) is 14.9. The first kappa shape index (κ1) is 20.7. The first-order chi connectivity index (χ1) is 14.9. The molecular formula is C21H20N4O5S. The number of fused-ring (bicyclic) bond motifs is 2. The molecule has 0 unspecified atom stereocenters. The maximum Gasteiger partial charge on any atom is 0.254 e. The van der Waals surface area contributed by atoms with Crippen LogP contribution in [0.25, 0.3) is 11.1 Å². The Kier molecular flexibility index (Phi) is 5.32. The van der Waals surface area contributed by atoms with Crippen LogP contribution in [0.4, 0.5) is 0 Å². The number of ether oxygens (including phenoxy) is 1. The molecule has 2 aromatic heterocycles. The molecule has 3 N–H and O–H groups in total. The summed E-state index contributed by atoms with van der Waals surface area (Å²) in [6, 6.07) is 10.3. The van der Waals surface area contributed by atoms with Crippen molar-refractivity contribution in [1.82, 2.24) is 15.2 Å². The maximum absolute atomic E-state index is 13.0. The van der Waals surface area contributed by atoms with Crippen molar-refractivity contribution in [3.8, 4) is 5.75 Å². The van der Waals surface area contributed by atoms with E-state index < -0.39 is 11.4 Å². The van der Waals surface area contributed by atoms with Gasteiger partial charge in [-0.2, -0.15) is 0 Å². The number of primary amides is 1. The number of amides is 3. The van der Waals surface area contributed by atoms with E-state index in [4.69, 9.17) is 14.9 Å². The fourth-order valence-corrected chi connectivity index (χ4v) is 4.07. The topological polar surface area (TPSA) is 128 Å². The van der Waals surface area contributed by atoms with Crippen molar-refractivity contribution in [3.05, 3.63) is 53.3 Å². The third-order valence-corrected chi connectivity index (χ3v) is 5.97. The molecule has 10 heteroatoms. The van der Waals surface area contributed by atoms with Crippen LogP contribution in [0.5, 0.6) is 5.75 Å². The molecule has 0 fully saturated rings. The smallest absolute Gasteiger partial charge is 0.254 e. The molecule has 1 aliphatic heterocycles. The van der Waals surface area contributed by atoms with Crippen molar-refractivity contribution in [2.75, 3.05) is 19.9 Å². The van der Waals surface area contributed by atoms with Crippen LogP contribution in [0.15, 0.2) is 45.8 Å². The van der Waals surface area contributed by atoms with E-state index in [2.05, 4.69) is 10.3 Å². The molecule has 4 rings (SSSR count). The van der Waals surface area contributed by atoms with E-state index in [9.17, 15) is 14.4 Å². The summed E-state index contributed by atoms with van der Waals surface area (Å²) in [5.41, 5.74) is 6.19. The number of pyridine rings is 1. The minimum atomic E-state index is -1.76. The molecule has 31 heavy (non-hydrogen) atoms. The second-order valence-electron chi connectivity index (χ2n) is 7.06. The molecule has 0 aliphatic carbocycles. The number of furan rings is 1. The monoisotopic (exact) mass is 440 g/mol. The largest absolute Gasteiger partial charge is 0.497 e. The minimum Gasteiger partial charge on any atom is -0.497 e. The van der Waals surface area contributed by atoms with Gasteiger partial charge in [-0.15, -0.1) is 11.8 Å². The van der Waals surface area contributed by atoms with Crippen LogP contribution >= 0.6 is 11.8 Å². The second-order valence-corrected chi connectivity index (χ2v) is 7.89. The van der Waals surface area contributed by atoms with Gasteiger partial charge in [-0.05, 0) is 36.1 Å². The summed E-state index contributed by atoms with van der Waals surface area (Å²) < 4.78 is 11.0. The minimum absolute atomic E-state index is 0.106. The zero-order chi connectivity index (χ0) is 22.2. The summed E-state index contributed by atoms with van der Waals surface area (Å²) in [6.45, 7) is 0.0505. The number of nitrogens with zero attached hydrogens (tertiary/aromatic N) is 2. The number of carbonyl (C=O) groups excluding carboxylic acids is 3. The fourth-order valence-electron chi connectivity index (χ4n) is 3.68. The first-order valence-electron chi connectivity index (χ1n) is 9.34. The van der Waals surface area contributed by atoms with Crippen LogP contribution in [0.1, 0.15) is 21.7 Å². The highest BCUT2D eigenvalue weighted by atomic mass is 32.2. The van der Waals surface area contributed by atoms with Gasteiger partial charge in [-0.3, -0.25) is 14.4 Å². The molecule has 3 amide bonds. The average Bonchev–Trinajstić information content (AvgIpc) is 3.33. The number of carbonyl (C=O) groups is 3. The molecule has 1 aromatic carbocycles. The highest BCUT2D eigenvalue weighted by Crippen LogP contribution is 2.33. The zero-order valence-corrected chi connectivity index (χ0v) is 17.7. The summed E-state index contributed by atoms with van der Waals surface area (Å²) in [4.78, 5) is 43.0. The Labute approximate surface area is 181 Å². The average molecular weight is 440 g/mol. The van der Waals surface area contributed by atoms with Crippen LogP contribution in [-0.2, 0) is 21.7 Å². The van der Waals surface area contributed by atoms with Crippen LogP contribution in [-0.4, -0.2) is 48.0 Å². The fraction of sp³-hybridized carbons (Fsp3) is 0.238. The molecule has 1 aliphatic rings. The van der Waals surface area contributed by atoms with E-state index in [-0.39, 0.29) is 24.8 Å². The molecule has 0 saturated carbocycles. The Bertz CT molecular complexity index is 1190. The van der Waals surface area contributed by atoms with Gasteiger partial charge in [0.15, 0.2) is 11.1 Å². The standard InChI is InChI=1S/C21H20N4O5S/c1-29-13-4-3-12-9-25(19(27)14(12)7-13)10-21(20(22)28,23-11-26)17-8-15-16(30-17)5-6-18(24-15)31-2/h3-8,11H,9-10H2,1-2H3,(H2,22,28)(H,23,26)/t21-/m0/s1. The van der Waals surface area contributed by atoms with E-state index in [1.165, 1.54) is 23.8 Å². The Morgan fingerprint density at radius 3 is 2.87 bits per heavy atom. The molecule has 0 spiro atoms. The van der Waals surface area contributed by atoms with Crippen LogP contribution in [0.2, 0.25) is 0 Å². The van der Waals surface area contributed by atoms with Gasteiger partial charge in [0.05, 0.1) is 18.7 Å². The Morgan fingerprint density at radius 1 is 1.39 bits per heavy atom. The third kappa shape index (κ3) is 3.48. The van der Waals surface area contributed by atoms with Gasteiger partial charge in [-0.25, -0.2) is 4.98 Å². The SMILES string of the molecule is COc1ccc2c(c1)C(=O)N(C[C@@](NC=O)(C(N)=O)c1cc3nc(SC)ccc3o1)C2. The van der Waals surface area contributed by atoms with E-state index in [1.807, 2.05) is 6.26 Å². The van der Waals surface area contributed by atoms with E-state index in [1.54, 1.807) is 36.4 Å². The summed E-state index contributed by atoms with van der Waals surface area (Å²) in [6.07, 6.45) is 2.26. The Hall–Kier alpha value is -3.53. The summed E-state index contributed by atoms with van der Waals surface area (Å²) in [5, 5.41) is 3.27. The van der Waals surface area contributed by atoms with E-state index in [0.29, 0.717) is 28.8 Å². The number of aromatic nitrogens is 1. The van der Waals surface area contributed by atoms with Gasteiger partial charge in [0.2, 0.25) is 6.41 Å². The van der Waals surface area contributed by atoms with Crippen LogP contribution in [0, 0.1) is 0 Å². The molecule has 0 bridgehead atoms. The maximum atomic E-state index is 13.0. The zero-order valence-electron chi connectivity index (χ0n) is 16.9. The van der Waals surface area contributed by atoms with Crippen molar-refractivity contribution in [1.29, 1.82) is 0 Å². The van der Waals surface area contributed by atoms with E-state index >= 15 is 0 Å². The number of hydrogen-bond acceptors (Lipinski definition) is 7. The first-order valence-corrected chi connectivity index (χ1v) is 10.6. The molecule has 160 valence electrons. The molecule has 3 heterocycles. The molecule has 3 aromatic rings. The van der Waals surface area contributed by atoms with Gasteiger partial charge in [0.1, 0.15) is 17.0 Å². The number of methoxy groups -OCH3 is 1. The number of thioether (sulfide) groups is 1. The number of benzene rings is 1. The third-order valence-electron chi connectivity index (χ3n) is 5.33. The van der Waals surface area contributed by atoms with Gasteiger partial charge < -0.3 is 25.1 Å². The summed E-state index contributed by atoms with van der Waals surface area (Å²) in [5.74, 6) is -0.500. The number of nitrogens with one attached hydrogen (secondary N) is 1. The predicted molar refractivity (Wildman–Crippen MR) is 114 cm³/mol. The van der Waals surface area contributed by atoms with Crippen molar-refractivity contribution in [3.63, 3.8) is 0 Å². The van der Waals surface area contributed by atoms with E-state index in [0.717, 1.165) is 10.6 Å². The predicted octanol–water partition coefficient (Wildman–Crippen LogP) is 1.64. The van der Waals surface area contributed by atoms with Crippen LogP contribution < -0.4 is 15.8 Å². The van der Waals surface area contributed by atoms with Crippen molar-refractivity contribution < 1.29 is 23.5 Å². The number of nitrogens with two attached hydrogens (primary N) is 1. The lowest BCUT2D eigenvalue weighted by atomic mass is 9.94. The van der Waals surface area contributed by atoms with Gasteiger partial charge >= 0.3 is 0 Å². The van der Waals surface area contributed by atoms with Gasteiger partial charge in [0, 0.05) is 18.2 Å². The molecule has 9 nitrogen and oxygen atoms in total. The quantitative estimate of drug-likeness (QED) is 0.403. The van der Waals surface area contributed by atoms with Crippen molar-refractivity contribution in [2.24, 2.45) is 5.73 Å². The van der Waals surface area contributed by atoms with Crippen molar-refractivity contribution >= 4 is 41.1 Å². The molecular weight excluding hydrogens is 420 g/mol. The van der Waals surface area contributed by atoms with Gasteiger partial charge in [-0.1, -0.05) is 6.07 Å². The summed E-state index contributed by atoms with van der Waals surface area (Å²) in [7, 11) is 1.52.